The molecule has 0 radical (unpaired) electrons. The fraction of sp³-hybridized carbons (Fsp3) is 0.167. The minimum Gasteiger partial charge on any atom is -0.481 e. The second kappa shape index (κ2) is 12.4. The van der Waals surface area contributed by atoms with Crippen molar-refractivity contribution in [2.75, 3.05) is 0 Å². The number of tetrazole rings is 1. The molecule has 17 heteroatoms. The molecule has 6 aromatic rings. The van der Waals surface area contributed by atoms with Crippen LogP contribution in [0.3, 0.4) is 0 Å². The Bertz CT molecular complexity index is 2190. The van der Waals surface area contributed by atoms with E-state index >= 15 is 0 Å². The van der Waals surface area contributed by atoms with Crippen LogP contribution in [-0.2, 0) is 22.4 Å². The minimum absolute atomic E-state index is 0.00138. The molecule has 1 aliphatic rings. The van der Waals surface area contributed by atoms with E-state index in [1.807, 2.05) is 41.8 Å². The van der Waals surface area contributed by atoms with E-state index < -0.39 is 18.1 Å². The van der Waals surface area contributed by atoms with Gasteiger partial charge >= 0.3 is 18.1 Å². The number of carbonyl (C=O) groups is 2. The third-order valence-corrected chi connectivity index (χ3v) is 8.69. The highest BCUT2D eigenvalue weighted by molar-refractivity contribution is 7.17. The smallest absolute Gasteiger partial charge is 0.481 e. The van der Waals surface area contributed by atoms with Gasteiger partial charge in [-0.15, -0.1) is 16.4 Å². The number of carboxylic acid groups (broad SMARTS) is 2. The van der Waals surface area contributed by atoms with Crippen LogP contribution in [0.2, 0.25) is 5.02 Å². The largest absolute Gasteiger partial charge is 0.490 e. The van der Waals surface area contributed by atoms with Crippen LogP contribution in [0.15, 0.2) is 71.2 Å². The van der Waals surface area contributed by atoms with E-state index in [9.17, 15) is 22.8 Å². The number of aromatic amines is 1. The third kappa shape index (κ3) is 6.50. The first-order chi connectivity index (χ1) is 22.4. The molecule has 0 bridgehead atoms. The number of fused-ring (bicyclic) bond motifs is 2. The van der Waals surface area contributed by atoms with Crippen molar-refractivity contribution in [2.24, 2.45) is 0 Å². The van der Waals surface area contributed by atoms with E-state index in [0.29, 0.717) is 5.02 Å². The lowest BCUT2D eigenvalue weighted by Gasteiger charge is -2.15. The fourth-order valence-electron chi connectivity index (χ4n) is 5.42. The Labute approximate surface area is 270 Å². The number of hydrogen-bond acceptors (Lipinski definition) is 8. The number of benzene rings is 2. The van der Waals surface area contributed by atoms with Gasteiger partial charge in [-0.05, 0) is 75.5 Å². The van der Waals surface area contributed by atoms with E-state index in [2.05, 4.69) is 25.5 Å². The number of pyridine rings is 1. The van der Waals surface area contributed by atoms with Gasteiger partial charge < -0.3 is 19.8 Å². The molecule has 0 fully saturated rings. The van der Waals surface area contributed by atoms with E-state index in [0.717, 1.165) is 68.1 Å². The molecule has 0 saturated heterocycles. The van der Waals surface area contributed by atoms with E-state index in [1.165, 1.54) is 17.7 Å². The van der Waals surface area contributed by atoms with Crippen LogP contribution in [0, 0.1) is 0 Å². The van der Waals surface area contributed by atoms with Crippen LogP contribution in [0.4, 0.5) is 13.2 Å². The number of H-pyrrole nitrogens is 1. The van der Waals surface area contributed by atoms with Gasteiger partial charge in [0.1, 0.15) is 12.2 Å². The van der Waals surface area contributed by atoms with Gasteiger partial charge in [0.2, 0.25) is 0 Å². The number of nitrogens with zero attached hydrogens (tertiary/aromatic N) is 6. The normalized spacial score (nSPS) is 14.1. The molecule has 0 saturated carbocycles. The molecule has 0 unspecified atom stereocenters. The lowest BCUT2D eigenvalue weighted by molar-refractivity contribution is -0.192. The van der Waals surface area contributed by atoms with Gasteiger partial charge in [0.15, 0.2) is 0 Å². The molecule has 4 aromatic heterocycles. The monoisotopic (exact) mass is 683 g/mol. The highest BCUT2D eigenvalue weighted by Crippen LogP contribution is 2.35. The number of nitrogens with one attached hydrogen (secondary N) is 1. The zero-order chi connectivity index (χ0) is 33.5. The summed E-state index contributed by atoms with van der Waals surface area (Å²) in [6.45, 7) is 0. The van der Waals surface area contributed by atoms with Gasteiger partial charge in [0.05, 0.1) is 30.0 Å². The van der Waals surface area contributed by atoms with Crippen LogP contribution in [0.25, 0.3) is 38.2 Å². The summed E-state index contributed by atoms with van der Waals surface area (Å²) in [4.78, 5) is 41.6. The quantitative estimate of drug-likeness (QED) is 0.204. The Balaban J connectivity index is 0.000000499. The summed E-state index contributed by atoms with van der Waals surface area (Å²) in [5.41, 5.74) is 5.63. The van der Waals surface area contributed by atoms with Gasteiger partial charge in [-0.3, -0.25) is 9.59 Å². The number of aliphatic carboxylic acids is 2. The highest BCUT2D eigenvalue weighted by Gasteiger charge is 2.38. The molecule has 1 aliphatic heterocycles. The molecular weight excluding hydrogens is 663 g/mol. The summed E-state index contributed by atoms with van der Waals surface area (Å²) >= 11 is 7.84. The first-order valence-corrected chi connectivity index (χ1v) is 15.0. The van der Waals surface area contributed by atoms with Crippen LogP contribution in [-0.4, -0.2) is 63.1 Å². The SMILES string of the molecule is O=C(O)C(F)(F)F.O=C(O)Cc1csc2cc(-c3cnc([C@@H]4CCc5cc(-c6cc(Cl)ccc6-n6cnnn6)cc(=O)n54)[nH]3)ccc12. The van der Waals surface area contributed by atoms with Crippen molar-refractivity contribution in [2.45, 2.75) is 31.5 Å². The van der Waals surface area contributed by atoms with Crippen molar-refractivity contribution in [1.82, 2.24) is 34.7 Å². The second-order valence-corrected chi connectivity index (χ2v) is 11.8. The third-order valence-electron chi connectivity index (χ3n) is 7.46. The lowest BCUT2D eigenvalue weighted by Crippen LogP contribution is -2.23. The number of alkyl halides is 3. The number of rotatable bonds is 6. The average Bonchev–Trinajstić information content (AvgIpc) is 3.83. The van der Waals surface area contributed by atoms with Crippen molar-refractivity contribution in [3.63, 3.8) is 0 Å². The van der Waals surface area contributed by atoms with E-state index in [1.54, 1.807) is 27.6 Å². The van der Waals surface area contributed by atoms with Gasteiger partial charge in [0.25, 0.3) is 5.56 Å². The van der Waals surface area contributed by atoms with Crippen molar-refractivity contribution < 1.29 is 33.0 Å². The van der Waals surface area contributed by atoms with E-state index in [4.69, 9.17) is 26.6 Å². The molecule has 1 atom stereocenters. The standard InChI is InChI=1S/C28H20ClN7O3S.C2HF3O2/c29-18-2-5-23(35-14-31-33-34-35)21(11-18)16-7-19-3-6-24(36(19)26(37)9-16)28-30-12-22(32-28)15-1-4-20-17(10-27(38)39)13-40-25(20)8-15;3-2(4,5)1(6)7/h1-2,4-5,7-9,11-14,24H,3,6,10H2,(H,30,32)(H,38,39);(H,6,7)/t24-;/m0./s1. The Morgan fingerprint density at radius 2 is 1.87 bits per heavy atom. The lowest BCUT2D eigenvalue weighted by atomic mass is 10.0. The predicted octanol–water partition coefficient (Wildman–Crippen LogP) is 5.55. The summed E-state index contributed by atoms with van der Waals surface area (Å²) in [5, 5.41) is 31.1. The van der Waals surface area contributed by atoms with Crippen molar-refractivity contribution >= 4 is 45.0 Å². The Morgan fingerprint density at radius 3 is 2.57 bits per heavy atom. The molecule has 2 aromatic carbocycles. The van der Waals surface area contributed by atoms with Gasteiger partial charge in [-0.2, -0.15) is 17.9 Å². The van der Waals surface area contributed by atoms with Crippen LogP contribution in [0.5, 0.6) is 0 Å². The highest BCUT2D eigenvalue weighted by atomic mass is 35.5. The number of aryl methyl sites for hydroxylation is 1. The first-order valence-electron chi connectivity index (χ1n) is 13.7. The first kappa shape index (κ1) is 31.6. The molecule has 240 valence electrons. The molecular formula is C30H21ClF3N7O5S. The number of hydrogen-bond donors (Lipinski definition) is 3. The van der Waals surface area contributed by atoms with Crippen molar-refractivity contribution in [1.29, 1.82) is 0 Å². The summed E-state index contributed by atoms with van der Waals surface area (Å²) in [6.07, 6.45) is -0.338. The van der Waals surface area contributed by atoms with Crippen LogP contribution in [0.1, 0.15) is 29.5 Å². The van der Waals surface area contributed by atoms with Crippen molar-refractivity contribution in [3.05, 3.63) is 98.9 Å². The van der Waals surface area contributed by atoms with Gasteiger partial charge in [0, 0.05) is 32.6 Å². The Morgan fingerprint density at radius 1 is 1.09 bits per heavy atom. The van der Waals surface area contributed by atoms with Crippen molar-refractivity contribution in [3.8, 4) is 28.1 Å². The number of thiophene rings is 1. The molecule has 0 spiro atoms. The summed E-state index contributed by atoms with van der Waals surface area (Å²) in [7, 11) is 0. The molecule has 0 amide bonds. The minimum atomic E-state index is -5.08. The number of halogens is 4. The zero-order valence-corrected chi connectivity index (χ0v) is 25.3. The molecule has 47 heavy (non-hydrogen) atoms. The van der Waals surface area contributed by atoms with Gasteiger partial charge in [-0.1, -0.05) is 23.7 Å². The molecule has 7 rings (SSSR count). The Hall–Kier alpha value is -5.35. The topological polar surface area (TPSA) is 169 Å². The number of aromatic nitrogens is 7. The predicted molar refractivity (Wildman–Crippen MR) is 165 cm³/mol. The van der Waals surface area contributed by atoms with E-state index in [-0.39, 0.29) is 18.0 Å². The average molecular weight is 684 g/mol. The number of carboxylic acids is 2. The number of imidazole rings is 1. The molecule has 12 nitrogen and oxygen atoms in total. The molecule has 3 N–H and O–H groups in total. The molecule has 0 aliphatic carbocycles. The summed E-state index contributed by atoms with van der Waals surface area (Å²) < 4.78 is 36.1. The van der Waals surface area contributed by atoms with Gasteiger partial charge in [-0.25, -0.2) is 9.78 Å². The molecule has 5 heterocycles. The summed E-state index contributed by atoms with van der Waals surface area (Å²) in [6, 6.07) is 14.8. The van der Waals surface area contributed by atoms with Crippen LogP contribution < -0.4 is 5.56 Å². The summed E-state index contributed by atoms with van der Waals surface area (Å²) in [5.74, 6) is -2.88. The maximum Gasteiger partial charge on any atom is 0.490 e. The second-order valence-electron chi connectivity index (χ2n) is 10.4. The maximum absolute atomic E-state index is 13.5. The fourth-order valence-corrected chi connectivity index (χ4v) is 6.60. The maximum atomic E-state index is 13.5. The Kier molecular flexibility index (Phi) is 8.38. The van der Waals surface area contributed by atoms with Crippen LogP contribution >= 0.6 is 22.9 Å². The zero-order valence-electron chi connectivity index (χ0n) is 23.8.